The summed E-state index contributed by atoms with van der Waals surface area (Å²) < 4.78 is 13.0. The van der Waals surface area contributed by atoms with E-state index in [0.717, 1.165) is 29.6 Å². The average Bonchev–Trinajstić information content (AvgIpc) is 2.72. The Hall–Kier alpha value is -4.08. The number of aryl methyl sites for hydroxylation is 1. The van der Waals surface area contributed by atoms with Crippen LogP contribution in [0.4, 0.5) is 21.7 Å². The second-order valence-corrected chi connectivity index (χ2v) is 6.10. The monoisotopic (exact) mass is 396 g/mol. The molecule has 0 radical (unpaired) electrons. The van der Waals surface area contributed by atoms with Crippen LogP contribution in [0.5, 0.6) is 0 Å². The lowest BCUT2D eigenvalue weighted by Gasteiger charge is -2.11. The van der Waals surface area contributed by atoms with E-state index in [2.05, 4.69) is 26.1 Å². The van der Waals surface area contributed by atoms with Crippen molar-refractivity contribution in [1.82, 2.24) is 15.4 Å². The number of hydrogen-bond acceptors (Lipinski definition) is 7. The molecule has 9 nitrogen and oxygen atoms in total. The van der Waals surface area contributed by atoms with Crippen molar-refractivity contribution in [2.45, 2.75) is 13.5 Å². The molecule has 1 heterocycles. The zero-order valence-electron chi connectivity index (χ0n) is 15.3. The summed E-state index contributed by atoms with van der Waals surface area (Å²) >= 11 is 0. The standard InChI is InChI=1S/C19H17FN6O3/c1-12-2-4-13(5-3-12)10-21-17-16(26(28)29)18(23-11-22-17)24-25-19(27)14-6-8-15(20)9-7-14/h2-9,11H,10H2,1H3,(H,25,27)(H2,21,22,23,24). The van der Waals surface area contributed by atoms with Crippen LogP contribution >= 0.6 is 0 Å². The predicted octanol–water partition coefficient (Wildman–Crippen LogP) is 3.20. The van der Waals surface area contributed by atoms with E-state index in [9.17, 15) is 19.3 Å². The maximum absolute atomic E-state index is 13.0. The molecular weight excluding hydrogens is 379 g/mol. The number of nitro groups is 1. The molecule has 3 aromatic rings. The summed E-state index contributed by atoms with van der Waals surface area (Å²) in [6.45, 7) is 2.28. The number of rotatable bonds is 7. The molecule has 0 saturated carbocycles. The molecule has 3 rings (SSSR count). The summed E-state index contributed by atoms with van der Waals surface area (Å²) in [6.07, 6.45) is 1.14. The van der Waals surface area contributed by atoms with E-state index < -0.39 is 22.3 Å². The topological polar surface area (TPSA) is 122 Å². The Labute approximate surface area is 165 Å². The van der Waals surface area contributed by atoms with Crippen LogP contribution in [0.2, 0.25) is 0 Å². The summed E-state index contributed by atoms with van der Waals surface area (Å²) in [6, 6.07) is 12.5. The quantitative estimate of drug-likeness (QED) is 0.414. The van der Waals surface area contributed by atoms with Crippen LogP contribution in [0.1, 0.15) is 21.5 Å². The number of amides is 1. The Balaban J connectivity index is 1.73. The number of benzene rings is 2. The molecule has 0 bridgehead atoms. The molecule has 2 aromatic carbocycles. The third-order valence-electron chi connectivity index (χ3n) is 3.99. The van der Waals surface area contributed by atoms with E-state index in [0.29, 0.717) is 6.54 Å². The van der Waals surface area contributed by atoms with Gasteiger partial charge in [0.15, 0.2) is 0 Å². The highest BCUT2D eigenvalue weighted by Gasteiger charge is 2.23. The maximum atomic E-state index is 13.0. The normalized spacial score (nSPS) is 10.3. The first-order valence-electron chi connectivity index (χ1n) is 8.55. The van der Waals surface area contributed by atoms with Crippen molar-refractivity contribution in [2.75, 3.05) is 10.7 Å². The first-order chi connectivity index (χ1) is 13.9. The zero-order valence-corrected chi connectivity index (χ0v) is 15.3. The van der Waals surface area contributed by atoms with Gasteiger partial charge in [0.05, 0.1) is 4.92 Å². The van der Waals surface area contributed by atoms with Crippen molar-refractivity contribution in [3.8, 4) is 0 Å². The molecule has 1 amide bonds. The number of nitrogens with zero attached hydrogens (tertiary/aromatic N) is 3. The number of carbonyl (C=O) groups excluding carboxylic acids is 1. The molecule has 0 fully saturated rings. The third-order valence-corrected chi connectivity index (χ3v) is 3.99. The van der Waals surface area contributed by atoms with Crippen LogP contribution in [0.3, 0.4) is 0 Å². The van der Waals surface area contributed by atoms with Crippen LogP contribution < -0.4 is 16.2 Å². The predicted molar refractivity (Wildman–Crippen MR) is 105 cm³/mol. The molecule has 0 unspecified atom stereocenters. The molecule has 3 N–H and O–H groups in total. The summed E-state index contributed by atoms with van der Waals surface area (Å²) in [5, 5.41) is 14.5. The first-order valence-corrected chi connectivity index (χ1v) is 8.55. The number of hydrazine groups is 1. The van der Waals surface area contributed by atoms with E-state index in [1.165, 1.54) is 12.1 Å². The summed E-state index contributed by atoms with van der Waals surface area (Å²) in [5.74, 6) is -1.27. The summed E-state index contributed by atoms with van der Waals surface area (Å²) in [4.78, 5) is 30.8. The van der Waals surface area contributed by atoms with Gasteiger partial charge in [0.25, 0.3) is 5.91 Å². The number of aromatic nitrogens is 2. The Bertz CT molecular complexity index is 1030. The molecular formula is C19H17FN6O3. The lowest BCUT2D eigenvalue weighted by atomic mass is 10.1. The molecule has 148 valence electrons. The Kier molecular flexibility index (Phi) is 5.93. The van der Waals surface area contributed by atoms with Gasteiger partial charge in [-0.3, -0.25) is 25.8 Å². The van der Waals surface area contributed by atoms with Gasteiger partial charge in [0, 0.05) is 12.1 Å². The Morgan fingerprint density at radius 2 is 1.72 bits per heavy atom. The molecule has 0 aliphatic rings. The van der Waals surface area contributed by atoms with Gasteiger partial charge in [-0.05, 0) is 36.8 Å². The molecule has 0 saturated heterocycles. The average molecular weight is 396 g/mol. The Morgan fingerprint density at radius 1 is 1.07 bits per heavy atom. The molecule has 0 atom stereocenters. The van der Waals surface area contributed by atoms with Crippen LogP contribution in [-0.4, -0.2) is 20.8 Å². The van der Waals surface area contributed by atoms with Crippen LogP contribution in [0.25, 0.3) is 0 Å². The largest absolute Gasteiger partial charge is 0.360 e. The minimum Gasteiger partial charge on any atom is -0.360 e. The second-order valence-electron chi connectivity index (χ2n) is 6.10. The Morgan fingerprint density at radius 3 is 2.38 bits per heavy atom. The zero-order chi connectivity index (χ0) is 20.8. The SMILES string of the molecule is Cc1ccc(CNc2ncnc(NNC(=O)c3ccc(F)cc3)c2[N+](=O)[O-])cc1. The van der Waals surface area contributed by atoms with Crippen LogP contribution in [0, 0.1) is 22.9 Å². The molecule has 0 aliphatic heterocycles. The molecule has 0 spiro atoms. The number of halogens is 1. The van der Waals surface area contributed by atoms with E-state index >= 15 is 0 Å². The van der Waals surface area contributed by atoms with Crippen molar-refractivity contribution in [1.29, 1.82) is 0 Å². The smallest absolute Gasteiger partial charge is 0.354 e. The second kappa shape index (κ2) is 8.74. The van der Waals surface area contributed by atoms with Gasteiger partial charge < -0.3 is 5.32 Å². The molecule has 0 aliphatic carbocycles. The van der Waals surface area contributed by atoms with Crippen molar-refractivity contribution < 1.29 is 14.1 Å². The van der Waals surface area contributed by atoms with Gasteiger partial charge in [-0.2, -0.15) is 0 Å². The number of nitrogens with one attached hydrogen (secondary N) is 3. The van der Waals surface area contributed by atoms with Gasteiger partial charge in [-0.15, -0.1) is 0 Å². The highest BCUT2D eigenvalue weighted by Crippen LogP contribution is 2.28. The van der Waals surface area contributed by atoms with Gasteiger partial charge in [-0.1, -0.05) is 29.8 Å². The minimum atomic E-state index is -0.649. The maximum Gasteiger partial charge on any atom is 0.354 e. The fourth-order valence-corrected chi connectivity index (χ4v) is 2.45. The summed E-state index contributed by atoms with van der Waals surface area (Å²) in [5.41, 5.74) is 6.51. The molecule has 29 heavy (non-hydrogen) atoms. The molecule has 10 heteroatoms. The van der Waals surface area contributed by atoms with Gasteiger partial charge in [-0.25, -0.2) is 14.4 Å². The van der Waals surface area contributed by atoms with Crippen molar-refractivity contribution in [3.05, 3.63) is 87.5 Å². The van der Waals surface area contributed by atoms with Gasteiger partial charge >= 0.3 is 5.69 Å². The number of hydrogen-bond donors (Lipinski definition) is 3. The van der Waals surface area contributed by atoms with Gasteiger partial charge in [0.2, 0.25) is 11.6 Å². The number of carbonyl (C=O) groups is 1. The van der Waals surface area contributed by atoms with Crippen LogP contribution in [0.15, 0.2) is 54.9 Å². The van der Waals surface area contributed by atoms with Crippen LogP contribution in [-0.2, 0) is 6.54 Å². The van der Waals surface area contributed by atoms with Gasteiger partial charge in [0.1, 0.15) is 12.1 Å². The van der Waals surface area contributed by atoms with E-state index in [-0.39, 0.29) is 17.2 Å². The van der Waals surface area contributed by atoms with Crippen molar-refractivity contribution >= 4 is 23.2 Å². The molecule has 1 aromatic heterocycles. The number of anilines is 2. The first kappa shape index (κ1) is 19.7. The van der Waals surface area contributed by atoms with E-state index in [1.807, 2.05) is 31.2 Å². The van der Waals surface area contributed by atoms with Crippen molar-refractivity contribution in [2.24, 2.45) is 0 Å². The fourth-order valence-electron chi connectivity index (χ4n) is 2.45. The highest BCUT2D eigenvalue weighted by atomic mass is 19.1. The third kappa shape index (κ3) is 5.01. The van der Waals surface area contributed by atoms with E-state index in [1.54, 1.807) is 0 Å². The highest BCUT2D eigenvalue weighted by molar-refractivity contribution is 5.95. The minimum absolute atomic E-state index is 0.00380. The lowest BCUT2D eigenvalue weighted by molar-refractivity contribution is -0.383. The van der Waals surface area contributed by atoms with Crippen molar-refractivity contribution in [3.63, 3.8) is 0 Å². The lowest BCUT2D eigenvalue weighted by Crippen LogP contribution is -2.30. The fraction of sp³-hybridized carbons (Fsp3) is 0.105. The van der Waals surface area contributed by atoms with E-state index in [4.69, 9.17) is 0 Å². The summed E-state index contributed by atoms with van der Waals surface area (Å²) in [7, 11) is 0.